The van der Waals surface area contributed by atoms with Crippen molar-refractivity contribution in [3.05, 3.63) is 99.0 Å². The number of hydrogen-bond donors (Lipinski definition) is 0. The van der Waals surface area contributed by atoms with E-state index in [9.17, 15) is 4.79 Å². The molecular formula is C23H19Cl2NO2. The molecule has 0 aromatic heterocycles. The van der Waals surface area contributed by atoms with Gasteiger partial charge in [0, 0.05) is 28.7 Å². The van der Waals surface area contributed by atoms with Gasteiger partial charge in [0.1, 0.15) is 12.4 Å². The predicted octanol–water partition coefficient (Wildman–Crippen LogP) is 5.77. The summed E-state index contributed by atoms with van der Waals surface area (Å²) in [6, 6.07) is 20.9. The Labute approximate surface area is 174 Å². The first-order valence-electron chi connectivity index (χ1n) is 9.13. The fourth-order valence-corrected chi connectivity index (χ4v) is 3.87. The van der Waals surface area contributed by atoms with E-state index in [-0.39, 0.29) is 12.5 Å². The Morgan fingerprint density at radius 2 is 1.71 bits per heavy atom. The summed E-state index contributed by atoms with van der Waals surface area (Å²) in [4.78, 5) is 15.0. The molecule has 0 saturated heterocycles. The van der Waals surface area contributed by atoms with Gasteiger partial charge >= 0.3 is 0 Å². The largest absolute Gasteiger partial charge is 0.488 e. The maximum atomic E-state index is 13.2. The van der Waals surface area contributed by atoms with Crippen molar-refractivity contribution in [3.8, 4) is 5.75 Å². The third-order valence-electron chi connectivity index (χ3n) is 4.93. The SMILES string of the molecule is O=C(c1ccccc1OCc1ccc(Cl)cc1Cl)N1CCc2ccccc2C1. The second-order valence-electron chi connectivity index (χ2n) is 6.77. The smallest absolute Gasteiger partial charge is 0.257 e. The lowest BCUT2D eigenvalue weighted by Gasteiger charge is -2.29. The number of benzene rings is 3. The fraction of sp³-hybridized carbons (Fsp3) is 0.174. The maximum absolute atomic E-state index is 13.2. The Morgan fingerprint density at radius 3 is 2.54 bits per heavy atom. The van der Waals surface area contributed by atoms with Gasteiger partial charge in [-0.15, -0.1) is 0 Å². The summed E-state index contributed by atoms with van der Waals surface area (Å²) < 4.78 is 5.95. The highest BCUT2D eigenvalue weighted by Crippen LogP contribution is 2.27. The molecule has 0 unspecified atom stereocenters. The van der Waals surface area contributed by atoms with Crippen LogP contribution in [-0.4, -0.2) is 17.4 Å². The number of nitrogens with zero attached hydrogens (tertiary/aromatic N) is 1. The number of amides is 1. The van der Waals surface area contributed by atoms with Crippen LogP contribution < -0.4 is 4.74 Å². The van der Waals surface area contributed by atoms with Gasteiger partial charge in [0.2, 0.25) is 0 Å². The first kappa shape index (κ1) is 18.9. The van der Waals surface area contributed by atoms with E-state index >= 15 is 0 Å². The van der Waals surface area contributed by atoms with Gasteiger partial charge in [-0.05, 0) is 41.8 Å². The van der Waals surface area contributed by atoms with Crippen LogP contribution in [-0.2, 0) is 19.6 Å². The van der Waals surface area contributed by atoms with E-state index in [2.05, 4.69) is 12.1 Å². The number of para-hydroxylation sites is 1. The summed E-state index contributed by atoms with van der Waals surface area (Å²) in [5.41, 5.74) is 3.90. The molecule has 0 spiro atoms. The molecular weight excluding hydrogens is 393 g/mol. The third kappa shape index (κ3) is 4.01. The molecule has 142 valence electrons. The molecule has 28 heavy (non-hydrogen) atoms. The lowest BCUT2D eigenvalue weighted by molar-refractivity contribution is 0.0730. The molecule has 1 aliphatic heterocycles. The zero-order valence-corrected chi connectivity index (χ0v) is 16.7. The molecule has 0 radical (unpaired) electrons. The molecule has 3 nitrogen and oxygen atoms in total. The van der Waals surface area contributed by atoms with Crippen LogP contribution in [0.15, 0.2) is 66.7 Å². The number of halogens is 2. The van der Waals surface area contributed by atoms with Gasteiger partial charge in [-0.1, -0.05) is 65.7 Å². The summed E-state index contributed by atoms with van der Waals surface area (Å²) >= 11 is 12.2. The lowest BCUT2D eigenvalue weighted by atomic mass is 9.99. The van der Waals surface area contributed by atoms with E-state index in [4.69, 9.17) is 27.9 Å². The van der Waals surface area contributed by atoms with Crippen LogP contribution in [0, 0.1) is 0 Å². The Morgan fingerprint density at radius 1 is 0.964 bits per heavy atom. The van der Waals surface area contributed by atoms with Crippen molar-refractivity contribution >= 4 is 29.1 Å². The monoisotopic (exact) mass is 411 g/mol. The van der Waals surface area contributed by atoms with Gasteiger partial charge in [0.15, 0.2) is 0 Å². The standard InChI is InChI=1S/C23H19Cl2NO2/c24-19-10-9-18(21(25)13-19)15-28-22-8-4-3-7-20(22)23(27)26-12-11-16-5-1-2-6-17(16)14-26/h1-10,13H,11-12,14-15H2. The molecule has 1 aliphatic rings. The molecule has 1 heterocycles. The minimum atomic E-state index is -0.0210. The van der Waals surface area contributed by atoms with Gasteiger partial charge in [0.25, 0.3) is 5.91 Å². The molecule has 5 heteroatoms. The Kier molecular flexibility index (Phi) is 5.56. The van der Waals surface area contributed by atoms with E-state index in [0.29, 0.717) is 34.4 Å². The molecule has 3 aromatic rings. The predicted molar refractivity (Wildman–Crippen MR) is 112 cm³/mol. The molecule has 0 N–H and O–H groups in total. The highest BCUT2D eigenvalue weighted by Gasteiger charge is 2.23. The zero-order valence-electron chi connectivity index (χ0n) is 15.2. The summed E-state index contributed by atoms with van der Waals surface area (Å²) in [7, 11) is 0. The Hall–Kier alpha value is -2.49. The van der Waals surface area contributed by atoms with Crippen molar-refractivity contribution < 1.29 is 9.53 Å². The van der Waals surface area contributed by atoms with Gasteiger partial charge < -0.3 is 9.64 Å². The Bertz CT molecular complexity index is 1020. The summed E-state index contributed by atoms with van der Waals surface area (Å²) in [5.74, 6) is 0.532. The second-order valence-corrected chi connectivity index (χ2v) is 7.61. The molecule has 0 fully saturated rings. The highest BCUT2D eigenvalue weighted by molar-refractivity contribution is 6.35. The topological polar surface area (TPSA) is 29.5 Å². The van der Waals surface area contributed by atoms with E-state index < -0.39 is 0 Å². The summed E-state index contributed by atoms with van der Waals surface area (Å²) in [5, 5.41) is 1.12. The normalized spacial score (nSPS) is 13.1. The van der Waals surface area contributed by atoms with E-state index in [1.54, 1.807) is 12.1 Å². The molecule has 3 aromatic carbocycles. The van der Waals surface area contributed by atoms with Crippen LogP contribution in [0.5, 0.6) is 5.75 Å². The van der Waals surface area contributed by atoms with E-state index in [0.717, 1.165) is 12.0 Å². The molecule has 0 aliphatic carbocycles. The first-order valence-corrected chi connectivity index (χ1v) is 9.89. The molecule has 0 bridgehead atoms. The average molecular weight is 412 g/mol. The van der Waals surface area contributed by atoms with Crippen molar-refractivity contribution in [1.29, 1.82) is 0 Å². The van der Waals surface area contributed by atoms with Crippen molar-refractivity contribution in [2.75, 3.05) is 6.54 Å². The highest BCUT2D eigenvalue weighted by atomic mass is 35.5. The first-order chi connectivity index (χ1) is 13.6. The van der Waals surface area contributed by atoms with Crippen LogP contribution in [0.2, 0.25) is 10.0 Å². The van der Waals surface area contributed by atoms with Gasteiger partial charge in [-0.3, -0.25) is 4.79 Å². The minimum Gasteiger partial charge on any atom is -0.488 e. The quantitative estimate of drug-likeness (QED) is 0.545. The fourth-order valence-electron chi connectivity index (χ4n) is 3.40. The van der Waals surface area contributed by atoms with E-state index in [1.807, 2.05) is 47.4 Å². The lowest BCUT2D eigenvalue weighted by Crippen LogP contribution is -2.36. The van der Waals surface area contributed by atoms with Crippen LogP contribution in [0.25, 0.3) is 0 Å². The van der Waals surface area contributed by atoms with Gasteiger partial charge in [-0.25, -0.2) is 0 Å². The van der Waals surface area contributed by atoms with Crippen LogP contribution in [0.1, 0.15) is 27.0 Å². The number of fused-ring (bicyclic) bond motifs is 1. The van der Waals surface area contributed by atoms with Crippen LogP contribution in [0.4, 0.5) is 0 Å². The van der Waals surface area contributed by atoms with E-state index in [1.165, 1.54) is 11.1 Å². The van der Waals surface area contributed by atoms with Gasteiger partial charge in [0.05, 0.1) is 5.56 Å². The Balaban J connectivity index is 1.52. The minimum absolute atomic E-state index is 0.0210. The molecule has 0 atom stereocenters. The van der Waals surface area contributed by atoms with Gasteiger partial charge in [-0.2, -0.15) is 0 Å². The summed E-state index contributed by atoms with van der Waals surface area (Å²) in [6.45, 7) is 1.59. The average Bonchev–Trinajstić information content (AvgIpc) is 2.72. The van der Waals surface area contributed by atoms with Crippen LogP contribution in [0.3, 0.4) is 0 Å². The second kappa shape index (κ2) is 8.26. The summed E-state index contributed by atoms with van der Waals surface area (Å²) in [6.07, 6.45) is 0.866. The van der Waals surface area contributed by atoms with Crippen molar-refractivity contribution in [2.24, 2.45) is 0 Å². The number of carbonyl (C=O) groups excluding carboxylic acids is 1. The third-order valence-corrected chi connectivity index (χ3v) is 5.52. The molecule has 4 rings (SSSR count). The zero-order chi connectivity index (χ0) is 19.5. The number of hydrogen-bond acceptors (Lipinski definition) is 2. The number of carbonyl (C=O) groups is 1. The van der Waals surface area contributed by atoms with Crippen molar-refractivity contribution in [1.82, 2.24) is 4.90 Å². The molecule has 0 saturated carbocycles. The number of ether oxygens (including phenoxy) is 1. The maximum Gasteiger partial charge on any atom is 0.257 e. The van der Waals surface area contributed by atoms with Crippen molar-refractivity contribution in [2.45, 2.75) is 19.6 Å². The number of rotatable bonds is 4. The van der Waals surface area contributed by atoms with Crippen molar-refractivity contribution in [3.63, 3.8) is 0 Å². The molecule has 1 amide bonds. The van der Waals surface area contributed by atoms with Crippen LogP contribution >= 0.6 is 23.2 Å².